The van der Waals surface area contributed by atoms with Gasteiger partial charge in [-0.3, -0.25) is 4.79 Å². The van der Waals surface area contributed by atoms with Crippen molar-refractivity contribution in [3.8, 4) is 0 Å². The number of unbranched alkanes of at least 4 members (excludes halogenated alkanes) is 3. The summed E-state index contributed by atoms with van der Waals surface area (Å²) in [4.78, 5) is 11.1. The van der Waals surface area contributed by atoms with Gasteiger partial charge < -0.3 is 5.32 Å². The van der Waals surface area contributed by atoms with Crippen molar-refractivity contribution >= 4 is 5.91 Å². The summed E-state index contributed by atoms with van der Waals surface area (Å²) in [6.45, 7) is 6.12. The highest BCUT2D eigenvalue weighted by Crippen LogP contribution is 2.04. The monoisotopic (exact) mass is 197 g/mol. The molecule has 0 aromatic rings. The number of carbonyl (C=O) groups is 1. The lowest BCUT2D eigenvalue weighted by Gasteiger charge is -2.11. The summed E-state index contributed by atoms with van der Waals surface area (Å²) in [7, 11) is 0. The summed E-state index contributed by atoms with van der Waals surface area (Å²) in [5.41, 5.74) is 0. The van der Waals surface area contributed by atoms with Crippen LogP contribution in [-0.2, 0) is 4.79 Å². The van der Waals surface area contributed by atoms with E-state index >= 15 is 0 Å². The van der Waals surface area contributed by atoms with Crippen LogP contribution in [0.1, 0.15) is 52.9 Å². The second kappa shape index (κ2) is 8.79. The van der Waals surface area contributed by atoms with E-state index in [9.17, 15) is 4.79 Å². The molecule has 1 amide bonds. The molecule has 0 fully saturated rings. The molecule has 1 atom stereocenters. The zero-order chi connectivity index (χ0) is 10.8. The first-order valence-corrected chi connectivity index (χ1v) is 5.63. The predicted octanol–water partition coefficient (Wildman–Crippen LogP) is 3.04. The second-order valence-electron chi connectivity index (χ2n) is 3.76. The Morgan fingerprint density at radius 2 is 2.07 bits per heavy atom. The van der Waals surface area contributed by atoms with Gasteiger partial charge in [0, 0.05) is 6.04 Å². The van der Waals surface area contributed by atoms with E-state index in [0.717, 1.165) is 6.42 Å². The highest BCUT2D eigenvalue weighted by molar-refractivity contribution is 5.87. The lowest BCUT2D eigenvalue weighted by Crippen LogP contribution is -2.30. The zero-order valence-electron chi connectivity index (χ0n) is 9.68. The molecule has 2 heteroatoms. The number of nitrogens with one attached hydrogen (secondary N) is 1. The lowest BCUT2D eigenvalue weighted by molar-refractivity contribution is -0.117. The number of rotatable bonds is 7. The van der Waals surface area contributed by atoms with E-state index in [0.29, 0.717) is 6.04 Å². The third kappa shape index (κ3) is 7.84. The zero-order valence-corrected chi connectivity index (χ0v) is 9.68. The molecule has 0 aromatic carbocycles. The minimum atomic E-state index is 0.0236. The van der Waals surface area contributed by atoms with Crippen LogP contribution < -0.4 is 5.32 Å². The fraction of sp³-hybridized carbons (Fsp3) is 0.750. The van der Waals surface area contributed by atoms with E-state index < -0.39 is 0 Å². The van der Waals surface area contributed by atoms with Gasteiger partial charge in [-0.25, -0.2) is 0 Å². The van der Waals surface area contributed by atoms with Gasteiger partial charge in [0.2, 0.25) is 5.91 Å². The highest BCUT2D eigenvalue weighted by atomic mass is 16.1. The van der Waals surface area contributed by atoms with Crippen LogP contribution in [0.25, 0.3) is 0 Å². The average molecular weight is 197 g/mol. The Morgan fingerprint density at radius 3 is 2.64 bits per heavy atom. The molecule has 0 saturated heterocycles. The topological polar surface area (TPSA) is 29.1 Å². The van der Waals surface area contributed by atoms with E-state index in [1.54, 1.807) is 12.2 Å². The summed E-state index contributed by atoms with van der Waals surface area (Å²) >= 11 is 0. The third-order valence-corrected chi connectivity index (χ3v) is 2.20. The van der Waals surface area contributed by atoms with Crippen molar-refractivity contribution in [2.75, 3.05) is 0 Å². The first-order chi connectivity index (χ1) is 6.70. The number of hydrogen-bond acceptors (Lipinski definition) is 1. The van der Waals surface area contributed by atoms with E-state index in [1.807, 2.05) is 6.92 Å². The van der Waals surface area contributed by atoms with E-state index in [-0.39, 0.29) is 5.91 Å². The molecule has 0 aliphatic carbocycles. The van der Waals surface area contributed by atoms with E-state index in [2.05, 4.69) is 19.2 Å². The first kappa shape index (κ1) is 13.2. The van der Waals surface area contributed by atoms with Crippen LogP contribution in [0.3, 0.4) is 0 Å². The van der Waals surface area contributed by atoms with E-state index in [1.165, 1.54) is 25.7 Å². The number of allylic oxidation sites excluding steroid dienone is 1. The largest absolute Gasteiger partial charge is 0.350 e. The van der Waals surface area contributed by atoms with Gasteiger partial charge >= 0.3 is 0 Å². The maximum absolute atomic E-state index is 11.1. The lowest BCUT2D eigenvalue weighted by atomic mass is 10.1. The Hall–Kier alpha value is -0.790. The van der Waals surface area contributed by atoms with Gasteiger partial charge in [0.15, 0.2) is 0 Å². The summed E-state index contributed by atoms with van der Waals surface area (Å²) in [6, 6.07) is 0.301. The van der Waals surface area contributed by atoms with Gasteiger partial charge in [-0.1, -0.05) is 38.7 Å². The molecule has 82 valence electrons. The van der Waals surface area contributed by atoms with Crippen molar-refractivity contribution in [2.24, 2.45) is 0 Å². The molecular formula is C12H23NO. The Morgan fingerprint density at radius 1 is 1.36 bits per heavy atom. The smallest absolute Gasteiger partial charge is 0.243 e. The summed E-state index contributed by atoms with van der Waals surface area (Å²) in [5, 5.41) is 2.93. The molecule has 0 spiro atoms. The molecule has 0 aliphatic rings. The van der Waals surface area contributed by atoms with Crippen molar-refractivity contribution in [3.63, 3.8) is 0 Å². The molecule has 2 nitrogen and oxygen atoms in total. The molecule has 0 bridgehead atoms. The van der Waals surface area contributed by atoms with Crippen LogP contribution in [-0.4, -0.2) is 11.9 Å². The van der Waals surface area contributed by atoms with E-state index in [4.69, 9.17) is 0 Å². The van der Waals surface area contributed by atoms with Crippen molar-refractivity contribution in [3.05, 3.63) is 12.2 Å². The Labute approximate surface area is 87.8 Å². The molecule has 1 unspecified atom stereocenters. The second-order valence-corrected chi connectivity index (χ2v) is 3.76. The van der Waals surface area contributed by atoms with Crippen LogP contribution >= 0.6 is 0 Å². The molecule has 0 rings (SSSR count). The minimum absolute atomic E-state index is 0.0236. The maximum atomic E-state index is 11.1. The molecule has 0 heterocycles. The van der Waals surface area contributed by atoms with Gasteiger partial charge in [-0.15, -0.1) is 0 Å². The highest BCUT2D eigenvalue weighted by Gasteiger charge is 2.03. The summed E-state index contributed by atoms with van der Waals surface area (Å²) in [5.74, 6) is 0.0236. The van der Waals surface area contributed by atoms with Crippen molar-refractivity contribution in [1.29, 1.82) is 0 Å². The quantitative estimate of drug-likeness (QED) is 0.493. The standard InChI is InChI=1S/C12H23NO/c1-4-6-7-8-10-11(3)13-12(14)9-5-2/h5,9,11H,4,6-8,10H2,1-3H3,(H,13,14). The Kier molecular flexibility index (Phi) is 8.30. The maximum Gasteiger partial charge on any atom is 0.243 e. The van der Waals surface area contributed by atoms with Crippen LogP contribution in [0.2, 0.25) is 0 Å². The van der Waals surface area contributed by atoms with Crippen LogP contribution in [0.15, 0.2) is 12.2 Å². The van der Waals surface area contributed by atoms with Gasteiger partial charge in [0.1, 0.15) is 0 Å². The third-order valence-electron chi connectivity index (χ3n) is 2.20. The number of amides is 1. The van der Waals surface area contributed by atoms with Gasteiger partial charge in [0.25, 0.3) is 0 Å². The Balaban J connectivity index is 3.44. The van der Waals surface area contributed by atoms with Gasteiger partial charge in [-0.2, -0.15) is 0 Å². The number of hydrogen-bond donors (Lipinski definition) is 1. The molecule has 0 aromatic heterocycles. The SMILES string of the molecule is CC=CC(=O)NC(C)CCCCCC. The van der Waals surface area contributed by atoms with Crippen molar-refractivity contribution in [2.45, 2.75) is 58.9 Å². The molecule has 1 N–H and O–H groups in total. The first-order valence-electron chi connectivity index (χ1n) is 5.63. The predicted molar refractivity (Wildman–Crippen MR) is 61.2 cm³/mol. The van der Waals surface area contributed by atoms with Crippen molar-refractivity contribution in [1.82, 2.24) is 5.32 Å². The summed E-state index contributed by atoms with van der Waals surface area (Å²) < 4.78 is 0. The van der Waals surface area contributed by atoms with Crippen LogP contribution in [0, 0.1) is 0 Å². The minimum Gasteiger partial charge on any atom is -0.350 e. The fourth-order valence-electron chi connectivity index (χ4n) is 1.39. The molecule has 0 saturated carbocycles. The molecular weight excluding hydrogens is 174 g/mol. The molecule has 14 heavy (non-hydrogen) atoms. The van der Waals surface area contributed by atoms with Crippen LogP contribution in [0.5, 0.6) is 0 Å². The fourth-order valence-corrected chi connectivity index (χ4v) is 1.39. The average Bonchev–Trinajstić information content (AvgIpc) is 2.13. The van der Waals surface area contributed by atoms with Crippen molar-refractivity contribution < 1.29 is 4.79 Å². The Bertz CT molecular complexity index is 175. The van der Waals surface area contributed by atoms with Crippen LogP contribution in [0.4, 0.5) is 0 Å². The normalized spacial score (nSPS) is 13.1. The van der Waals surface area contributed by atoms with Gasteiger partial charge in [-0.05, 0) is 26.3 Å². The molecule has 0 radical (unpaired) electrons. The van der Waals surface area contributed by atoms with Gasteiger partial charge in [0.05, 0.1) is 0 Å². The number of carbonyl (C=O) groups excluding carboxylic acids is 1. The molecule has 0 aliphatic heterocycles. The summed E-state index contributed by atoms with van der Waals surface area (Å²) in [6.07, 6.45) is 9.48.